The first-order valence-electron chi connectivity index (χ1n) is 6.25. The second kappa shape index (κ2) is 5.50. The molecule has 0 spiro atoms. The van der Waals surface area contributed by atoms with E-state index < -0.39 is 5.82 Å². The predicted octanol–water partition coefficient (Wildman–Crippen LogP) is 3.58. The lowest BCUT2D eigenvalue weighted by Crippen LogP contribution is -2.21. The van der Waals surface area contributed by atoms with Crippen LogP contribution in [0.5, 0.6) is 0 Å². The van der Waals surface area contributed by atoms with Gasteiger partial charge in [0.15, 0.2) is 5.82 Å². The number of anilines is 1. The summed E-state index contributed by atoms with van der Waals surface area (Å²) in [6.45, 7) is 1.81. The van der Waals surface area contributed by atoms with E-state index in [0.717, 1.165) is 25.9 Å². The first kappa shape index (κ1) is 13.5. The Morgan fingerprint density at radius 2 is 1.80 bits per heavy atom. The molecule has 1 aromatic heterocycles. The molecule has 1 aliphatic heterocycles. The van der Waals surface area contributed by atoms with E-state index in [1.807, 2.05) is 0 Å². The first-order chi connectivity index (χ1) is 9.63. The lowest BCUT2D eigenvalue weighted by atomic mass is 10.2. The van der Waals surface area contributed by atoms with Gasteiger partial charge in [-0.3, -0.25) is 0 Å². The number of halogens is 3. The second-order valence-corrected chi connectivity index (χ2v) is 5.30. The summed E-state index contributed by atoms with van der Waals surface area (Å²) < 4.78 is 13.2. The molecule has 2 heterocycles. The molecule has 0 atom stereocenters. The van der Waals surface area contributed by atoms with E-state index in [2.05, 4.69) is 19.9 Å². The van der Waals surface area contributed by atoms with Crippen molar-refractivity contribution in [2.45, 2.75) is 12.8 Å². The molecule has 0 amide bonds. The first-order valence-corrected chi connectivity index (χ1v) is 7.01. The van der Waals surface area contributed by atoms with Gasteiger partial charge in [-0.15, -0.1) is 0 Å². The summed E-state index contributed by atoms with van der Waals surface area (Å²) in [5.74, 6) is 0.474. The molecule has 2 aromatic rings. The molecule has 0 bridgehead atoms. The Bertz CT molecular complexity index is 644. The summed E-state index contributed by atoms with van der Waals surface area (Å²) >= 11 is 11.7. The summed E-state index contributed by atoms with van der Waals surface area (Å²) in [5, 5.41) is 0.152. The van der Waals surface area contributed by atoms with Crippen LogP contribution in [0.25, 0.3) is 11.4 Å². The van der Waals surface area contributed by atoms with Crippen molar-refractivity contribution in [2.75, 3.05) is 18.0 Å². The van der Waals surface area contributed by atoms with Gasteiger partial charge in [-0.05, 0) is 42.6 Å². The molecule has 0 N–H and O–H groups in total. The quantitative estimate of drug-likeness (QED) is 0.850. The van der Waals surface area contributed by atoms with Crippen molar-refractivity contribution < 1.29 is 4.39 Å². The van der Waals surface area contributed by atoms with Gasteiger partial charge in [-0.2, -0.15) is 15.0 Å². The molecule has 7 heteroatoms. The molecule has 0 aliphatic carbocycles. The number of hydrogen-bond acceptors (Lipinski definition) is 4. The normalized spacial score (nSPS) is 14.8. The van der Waals surface area contributed by atoms with E-state index >= 15 is 0 Å². The number of hydrogen-bond donors (Lipinski definition) is 0. The largest absolute Gasteiger partial charge is 0.341 e. The van der Waals surface area contributed by atoms with E-state index in [9.17, 15) is 4.39 Å². The minimum atomic E-state index is -0.477. The van der Waals surface area contributed by atoms with Gasteiger partial charge in [0.2, 0.25) is 11.2 Å². The minimum Gasteiger partial charge on any atom is -0.341 e. The van der Waals surface area contributed by atoms with Gasteiger partial charge < -0.3 is 4.90 Å². The van der Waals surface area contributed by atoms with Crippen LogP contribution in [-0.4, -0.2) is 28.0 Å². The van der Waals surface area contributed by atoms with Crippen molar-refractivity contribution in [1.29, 1.82) is 0 Å². The zero-order valence-electron chi connectivity index (χ0n) is 10.5. The maximum Gasteiger partial charge on any atom is 0.230 e. The van der Waals surface area contributed by atoms with E-state index in [0.29, 0.717) is 17.3 Å². The zero-order chi connectivity index (χ0) is 14.1. The molecule has 20 heavy (non-hydrogen) atoms. The number of aromatic nitrogens is 3. The van der Waals surface area contributed by atoms with Crippen molar-refractivity contribution >= 4 is 29.2 Å². The fourth-order valence-electron chi connectivity index (χ4n) is 2.16. The maximum absolute atomic E-state index is 13.2. The summed E-state index contributed by atoms with van der Waals surface area (Å²) in [7, 11) is 0. The van der Waals surface area contributed by atoms with Crippen LogP contribution in [-0.2, 0) is 0 Å². The van der Waals surface area contributed by atoms with Crippen molar-refractivity contribution in [3.05, 3.63) is 34.3 Å². The molecule has 4 nitrogen and oxygen atoms in total. The van der Waals surface area contributed by atoms with Crippen LogP contribution >= 0.6 is 23.2 Å². The fraction of sp³-hybridized carbons (Fsp3) is 0.308. The van der Waals surface area contributed by atoms with Crippen molar-refractivity contribution in [3.8, 4) is 11.4 Å². The molecular formula is C13H11Cl2FN4. The van der Waals surface area contributed by atoms with Crippen LogP contribution in [0.2, 0.25) is 10.3 Å². The Hall–Kier alpha value is -1.46. The molecule has 0 unspecified atom stereocenters. The second-order valence-electron chi connectivity index (χ2n) is 4.55. The van der Waals surface area contributed by atoms with E-state index in [1.165, 1.54) is 12.1 Å². The Kier molecular flexibility index (Phi) is 3.72. The average molecular weight is 313 g/mol. The van der Waals surface area contributed by atoms with Crippen LogP contribution in [0.4, 0.5) is 10.3 Å². The highest BCUT2D eigenvalue weighted by molar-refractivity contribution is 6.31. The highest BCUT2D eigenvalue weighted by Gasteiger charge is 2.17. The van der Waals surface area contributed by atoms with E-state index in [1.54, 1.807) is 6.07 Å². The Morgan fingerprint density at radius 3 is 2.50 bits per heavy atom. The van der Waals surface area contributed by atoms with Crippen LogP contribution in [0.15, 0.2) is 18.2 Å². The van der Waals surface area contributed by atoms with Crippen molar-refractivity contribution in [2.24, 2.45) is 0 Å². The third-order valence-corrected chi connectivity index (χ3v) is 3.62. The molecule has 104 valence electrons. The molecule has 1 aromatic carbocycles. The summed E-state index contributed by atoms with van der Waals surface area (Å²) in [6, 6.07) is 4.34. The van der Waals surface area contributed by atoms with Crippen LogP contribution < -0.4 is 4.90 Å². The van der Waals surface area contributed by atoms with Gasteiger partial charge in [0.1, 0.15) is 5.82 Å². The summed E-state index contributed by atoms with van der Waals surface area (Å²) in [4.78, 5) is 14.7. The van der Waals surface area contributed by atoms with Gasteiger partial charge in [0.25, 0.3) is 0 Å². The number of benzene rings is 1. The lowest BCUT2D eigenvalue weighted by Gasteiger charge is -2.15. The number of rotatable bonds is 2. The SMILES string of the molecule is Fc1ccc(-c2nc(Cl)nc(N3CCCC3)n2)cc1Cl. The molecular weight excluding hydrogens is 302 g/mol. The summed E-state index contributed by atoms with van der Waals surface area (Å²) in [6.07, 6.45) is 2.22. The monoisotopic (exact) mass is 312 g/mol. The molecule has 1 aliphatic rings. The van der Waals surface area contributed by atoms with Gasteiger partial charge >= 0.3 is 0 Å². The molecule has 3 rings (SSSR count). The Labute approximate surface area is 125 Å². The molecule has 0 radical (unpaired) electrons. The van der Waals surface area contributed by atoms with E-state index in [-0.39, 0.29) is 10.3 Å². The number of nitrogens with zero attached hydrogens (tertiary/aromatic N) is 4. The summed E-state index contributed by atoms with van der Waals surface area (Å²) in [5.41, 5.74) is 0.612. The van der Waals surface area contributed by atoms with Crippen molar-refractivity contribution in [1.82, 2.24) is 15.0 Å². The molecule has 1 saturated heterocycles. The topological polar surface area (TPSA) is 41.9 Å². The Balaban J connectivity index is 2.02. The minimum absolute atomic E-state index is 0.0294. The average Bonchev–Trinajstić information content (AvgIpc) is 2.95. The smallest absolute Gasteiger partial charge is 0.230 e. The van der Waals surface area contributed by atoms with Crippen LogP contribution in [0.1, 0.15) is 12.8 Å². The van der Waals surface area contributed by atoms with Gasteiger partial charge in [0, 0.05) is 18.7 Å². The lowest BCUT2D eigenvalue weighted by molar-refractivity contribution is 0.628. The predicted molar refractivity (Wildman–Crippen MR) is 76.7 cm³/mol. The maximum atomic E-state index is 13.2. The third kappa shape index (κ3) is 2.69. The molecule has 0 saturated carbocycles. The van der Waals surface area contributed by atoms with E-state index in [4.69, 9.17) is 23.2 Å². The van der Waals surface area contributed by atoms with Gasteiger partial charge in [0.05, 0.1) is 5.02 Å². The fourth-order valence-corrected chi connectivity index (χ4v) is 2.50. The highest BCUT2D eigenvalue weighted by atomic mass is 35.5. The van der Waals surface area contributed by atoms with Crippen LogP contribution in [0, 0.1) is 5.82 Å². The highest BCUT2D eigenvalue weighted by Crippen LogP contribution is 2.25. The van der Waals surface area contributed by atoms with Crippen molar-refractivity contribution in [3.63, 3.8) is 0 Å². The van der Waals surface area contributed by atoms with Gasteiger partial charge in [-0.25, -0.2) is 4.39 Å². The van der Waals surface area contributed by atoms with Crippen LogP contribution in [0.3, 0.4) is 0 Å². The third-order valence-electron chi connectivity index (χ3n) is 3.16. The Morgan fingerprint density at radius 1 is 1.05 bits per heavy atom. The molecule has 1 fully saturated rings. The standard InChI is InChI=1S/C13H11Cl2FN4/c14-9-7-8(3-4-10(9)16)11-17-12(15)19-13(18-11)20-5-1-2-6-20/h3-4,7H,1-2,5-6H2. The van der Waals surface area contributed by atoms with Gasteiger partial charge in [-0.1, -0.05) is 11.6 Å². The zero-order valence-corrected chi connectivity index (χ0v) is 12.0.